The summed E-state index contributed by atoms with van der Waals surface area (Å²) in [4.78, 5) is 10.5. The lowest BCUT2D eigenvalue weighted by Crippen LogP contribution is -3.00. The predicted octanol–water partition coefficient (Wildman–Crippen LogP) is -2.37. The molecular formula is C9H13ClN3O-. The van der Waals surface area contributed by atoms with Gasteiger partial charge < -0.3 is 22.0 Å². The van der Waals surface area contributed by atoms with Crippen LogP contribution in [0, 0.1) is 6.92 Å². The highest BCUT2D eigenvalue weighted by atomic mass is 35.5. The van der Waals surface area contributed by atoms with Crippen molar-refractivity contribution in [2.24, 2.45) is 0 Å². The molecule has 1 fully saturated rings. The Morgan fingerprint density at radius 3 is 2.64 bits per heavy atom. The van der Waals surface area contributed by atoms with Crippen molar-refractivity contribution < 1.29 is 17.1 Å². The van der Waals surface area contributed by atoms with Gasteiger partial charge in [0, 0.05) is 24.8 Å². The number of hydrogen-bond donors (Lipinski definition) is 0. The number of aryl methyl sites for hydroxylation is 1. The molecule has 4 nitrogen and oxygen atoms in total. The van der Waals surface area contributed by atoms with Gasteiger partial charge in [0.2, 0.25) is 0 Å². The normalized spacial score (nSPS) is 16.2. The molecule has 0 atom stereocenters. The summed E-state index contributed by atoms with van der Waals surface area (Å²) in [6.07, 6.45) is 1.61. The summed E-state index contributed by atoms with van der Waals surface area (Å²) in [6, 6.07) is 2.01. The van der Waals surface area contributed by atoms with Crippen molar-refractivity contribution in [1.29, 1.82) is 0 Å². The van der Waals surface area contributed by atoms with E-state index in [0.29, 0.717) is 0 Å². The van der Waals surface area contributed by atoms with E-state index in [1.54, 1.807) is 6.33 Å². The zero-order chi connectivity index (χ0) is 9.10. The highest BCUT2D eigenvalue weighted by molar-refractivity contribution is 5.38. The number of rotatable bonds is 1. The molecule has 1 aromatic heterocycles. The quantitative estimate of drug-likeness (QED) is 0.524. The van der Waals surface area contributed by atoms with Gasteiger partial charge in [0.1, 0.15) is 12.1 Å². The Bertz CT molecular complexity index is 289. The zero-order valence-corrected chi connectivity index (χ0v) is 8.87. The smallest absolute Gasteiger partial charge is 0.132 e. The van der Waals surface area contributed by atoms with E-state index in [0.717, 1.165) is 37.8 Å². The van der Waals surface area contributed by atoms with E-state index in [1.165, 1.54) is 0 Å². The number of aromatic nitrogens is 2. The molecule has 2 rings (SSSR count). The van der Waals surface area contributed by atoms with Gasteiger partial charge in [0.05, 0.1) is 13.2 Å². The fourth-order valence-corrected chi connectivity index (χ4v) is 1.41. The Morgan fingerprint density at radius 2 is 2.00 bits per heavy atom. The first-order valence-electron chi connectivity index (χ1n) is 4.47. The van der Waals surface area contributed by atoms with Gasteiger partial charge in [-0.15, -0.1) is 0 Å². The van der Waals surface area contributed by atoms with Crippen molar-refractivity contribution >= 4 is 5.82 Å². The number of ether oxygens (including phenoxy) is 1. The summed E-state index contributed by atoms with van der Waals surface area (Å²) in [6.45, 7) is 5.42. The van der Waals surface area contributed by atoms with Crippen LogP contribution < -0.4 is 17.3 Å². The minimum atomic E-state index is 0. The fraction of sp³-hybridized carbons (Fsp3) is 0.556. The first-order valence-corrected chi connectivity index (χ1v) is 4.47. The summed E-state index contributed by atoms with van der Waals surface area (Å²) in [7, 11) is 0. The first-order chi connectivity index (χ1) is 6.36. The van der Waals surface area contributed by atoms with Gasteiger partial charge >= 0.3 is 0 Å². The maximum atomic E-state index is 5.27. The van der Waals surface area contributed by atoms with Crippen LogP contribution in [0.5, 0.6) is 0 Å². The van der Waals surface area contributed by atoms with Crippen molar-refractivity contribution in [2.75, 3.05) is 31.2 Å². The van der Waals surface area contributed by atoms with Crippen LogP contribution in [-0.4, -0.2) is 36.3 Å². The van der Waals surface area contributed by atoms with E-state index in [1.807, 2.05) is 13.0 Å². The summed E-state index contributed by atoms with van der Waals surface area (Å²) in [5.41, 5.74) is 1.01. The zero-order valence-electron chi connectivity index (χ0n) is 8.11. The minimum absolute atomic E-state index is 0. The maximum Gasteiger partial charge on any atom is 0.132 e. The molecule has 0 amide bonds. The number of nitrogens with zero attached hydrogens (tertiary/aromatic N) is 3. The molecule has 1 aromatic rings. The Labute approximate surface area is 89.7 Å². The fourth-order valence-electron chi connectivity index (χ4n) is 1.41. The van der Waals surface area contributed by atoms with Gasteiger partial charge in [-0.2, -0.15) is 0 Å². The lowest BCUT2D eigenvalue weighted by atomic mass is 10.3. The lowest BCUT2D eigenvalue weighted by Gasteiger charge is -2.27. The van der Waals surface area contributed by atoms with E-state index in [2.05, 4.69) is 14.9 Å². The predicted molar refractivity (Wildman–Crippen MR) is 49.8 cm³/mol. The molecule has 2 heterocycles. The Kier molecular flexibility index (Phi) is 4.10. The third kappa shape index (κ3) is 2.56. The number of halogens is 1. The van der Waals surface area contributed by atoms with Crippen LogP contribution in [-0.2, 0) is 4.74 Å². The van der Waals surface area contributed by atoms with E-state index < -0.39 is 0 Å². The largest absolute Gasteiger partial charge is 1.00 e. The van der Waals surface area contributed by atoms with Gasteiger partial charge in [0.25, 0.3) is 0 Å². The van der Waals surface area contributed by atoms with Crippen LogP contribution in [0.15, 0.2) is 12.4 Å². The summed E-state index contributed by atoms with van der Waals surface area (Å²) in [5.74, 6) is 1.01. The van der Waals surface area contributed by atoms with Crippen molar-refractivity contribution in [3.63, 3.8) is 0 Å². The standard InChI is InChI=1S/C9H13N3O.ClH/c1-8-6-9(11-7-10-8)12-2-4-13-5-3-12;/h6-7H,2-5H2,1H3;1H/p-1. The monoisotopic (exact) mass is 214 g/mol. The number of morpholine rings is 1. The van der Waals surface area contributed by atoms with Crippen LogP contribution in [0.4, 0.5) is 5.82 Å². The molecule has 1 saturated heterocycles. The minimum Gasteiger partial charge on any atom is -1.00 e. The second-order valence-electron chi connectivity index (χ2n) is 3.12. The first kappa shape index (κ1) is 11.2. The average molecular weight is 215 g/mol. The summed E-state index contributed by atoms with van der Waals surface area (Å²) < 4.78 is 5.27. The van der Waals surface area contributed by atoms with Gasteiger partial charge in [0.15, 0.2) is 0 Å². The van der Waals surface area contributed by atoms with Crippen molar-refractivity contribution in [3.05, 3.63) is 18.1 Å². The lowest BCUT2D eigenvalue weighted by molar-refractivity contribution is -0.00000365. The third-order valence-corrected chi connectivity index (χ3v) is 2.12. The number of anilines is 1. The molecule has 5 heteroatoms. The Balaban J connectivity index is 0.000000980. The van der Waals surface area contributed by atoms with Crippen LogP contribution in [0.2, 0.25) is 0 Å². The molecule has 1 aliphatic heterocycles. The number of hydrogen-bond acceptors (Lipinski definition) is 4. The molecular weight excluding hydrogens is 202 g/mol. The summed E-state index contributed by atoms with van der Waals surface area (Å²) in [5, 5.41) is 0. The average Bonchev–Trinajstić information content (AvgIpc) is 2.19. The van der Waals surface area contributed by atoms with Gasteiger partial charge in [-0.25, -0.2) is 9.97 Å². The second kappa shape index (κ2) is 5.12. The van der Waals surface area contributed by atoms with E-state index in [-0.39, 0.29) is 12.4 Å². The molecule has 0 aliphatic carbocycles. The molecule has 0 aromatic carbocycles. The van der Waals surface area contributed by atoms with Crippen LogP contribution in [0.1, 0.15) is 5.69 Å². The molecule has 0 spiro atoms. The van der Waals surface area contributed by atoms with Gasteiger partial charge in [-0.1, -0.05) is 0 Å². The van der Waals surface area contributed by atoms with Gasteiger partial charge in [-0.3, -0.25) is 0 Å². The molecule has 0 N–H and O–H groups in total. The second-order valence-corrected chi connectivity index (χ2v) is 3.12. The topological polar surface area (TPSA) is 38.2 Å². The van der Waals surface area contributed by atoms with E-state index in [9.17, 15) is 0 Å². The Hall–Kier alpha value is -0.870. The highest BCUT2D eigenvalue weighted by Crippen LogP contribution is 2.11. The molecule has 0 bridgehead atoms. The van der Waals surface area contributed by atoms with E-state index in [4.69, 9.17) is 4.74 Å². The molecule has 78 valence electrons. The molecule has 0 unspecified atom stereocenters. The third-order valence-electron chi connectivity index (χ3n) is 2.12. The molecule has 0 radical (unpaired) electrons. The Morgan fingerprint density at radius 1 is 1.29 bits per heavy atom. The maximum absolute atomic E-state index is 5.27. The molecule has 14 heavy (non-hydrogen) atoms. The van der Waals surface area contributed by atoms with Crippen LogP contribution >= 0.6 is 0 Å². The van der Waals surface area contributed by atoms with Crippen molar-refractivity contribution in [3.8, 4) is 0 Å². The summed E-state index contributed by atoms with van der Waals surface area (Å²) >= 11 is 0. The van der Waals surface area contributed by atoms with Crippen molar-refractivity contribution in [2.45, 2.75) is 6.92 Å². The SMILES string of the molecule is Cc1cc(N2CCOCC2)ncn1.[Cl-]. The van der Waals surface area contributed by atoms with Crippen LogP contribution in [0.25, 0.3) is 0 Å². The molecule has 0 saturated carbocycles. The van der Waals surface area contributed by atoms with Crippen LogP contribution in [0.3, 0.4) is 0 Å². The van der Waals surface area contributed by atoms with Crippen molar-refractivity contribution in [1.82, 2.24) is 9.97 Å². The van der Waals surface area contributed by atoms with E-state index >= 15 is 0 Å². The molecule has 1 aliphatic rings. The highest BCUT2D eigenvalue weighted by Gasteiger charge is 2.11. The van der Waals surface area contributed by atoms with Gasteiger partial charge in [-0.05, 0) is 6.92 Å².